The van der Waals surface area contributed by atoms with Crippen LogP contribution in [0.3, 0.4) is 0 Å². The maximum absolute atomic E-state index is 13.7. The van der Waals surface area contributed by atoms with E-state index in [0.717, 1.165) is 6.07 Å². The first kappa shape index (κ1) is 16.4. The van der Waals surface area contributed by atoms with Crippen LogP contribution in [0, 0.1) is 11.6 Å². The highest BCUT2D eigenvalue weighted by molar-refractivity contribution is 7.89. The molecule has 0 aromatic heterocycles. The van der Waals surface area contributed by atoms with Crippen molar-refractivity contribution in [1.29, 1.82) is 0 Å². The van der Waals surface area contributed by atoms with Gasteiger partial charge in [-0.1, -0.05) is 18.2 Å². The van der Waals surface area contributed by atoms with Crippen LogP contribution >= 0.6 is 0 Å². The third-order valence-corrected chi connectivity index (χ3v) is 4.68. The Hall–Kier alpha value is -1.99. The molecule has 0 spiro atoms. The molecule has 4 nitrogen and oxygen atoms in total. The summed E-state index contributed by atoms with van der Waals surface area (Å²) >= 11 is 0. The van der Waals surface area contributed by atoms with Gasteiger partial charge >= 0.3 is 0 Å². The molecule has 0 amide bonds. The minimum atomic E-state index is -3.98. The highest BCUT2D eigenvalue weighted by Crippen LogP contribution is 2.23. The van der Waals surface area contributed by atoms with Crippen LogP contribution in [0.5, 0.6) is 5.75 Å². The van der Waals surface area contributed by atoms with Crippen molar-refractivity contribution in [3.05, 3.63) is 59.7 Å². The molecule has 2 aromatic carbocycles. The van der Waals surface area contributed by atoms with E-state index in [9.17, 15) is 17.2 Å². The summed E-state index contributed by atoms with van der Waals surface area (Å²) in [4.78, 5) is -0.256. The number of nitrogens with one attached hydrogen (secondary N) is 1. The Morgan fingerprint density at radius 3 is 2.36 bits per heavy atom. The maximum atomic E-state index is 13.7. The molecule has 0 bridgehead atoms. The third-order valence-electron chi connectivity index (χ3n) is 3.14. The van der Waals surface area contributed by atoms with Crippen molar-refractivity contribution < 1.29 is 21.9 Å². The largest absolute Gasteiger partial charge is 0.494 e. The van der Waals surface area contributed by atoms with Gasteiger partial charge < -0.3 is 4.74 Å². The molecule has 0 saturated heterocycles. The molecule has 1 N–H and O–H groups in total. The van der Waals surface area contributed by atoms with E-state index < -0.39 is 27.7 Å². The summed E-state index contributed by atoms with van der Waals surface area (Å²) in [6, 6.07) is 8.35. The molecule has 0 aliphatic carbocycles. The number of benzene rings is 2. The van der Waals surface area contributed by atoms with Gasteiger partial charge in [0.1, 0.15) is 5.82 Å². The summed E-state index contributed by atoms with van der Waals surface area (Å²) < 4.78 is 58.8. The van der Waals surface area contributed by atoms with Crippen molar-refractivity contribution in [2.75, 3.05) is 7.11 Å². The maximum Gasteiger partial charge on any atom is 0.241 e. The van der Waals surface area contributed by atoms with E-state index >= 15 is 0 Å². The van der Waals surface area contributed by atoms with Gasteiger partial charge in [0.05, 0.1) is 12.0 Å². The van der Waals surface area contributed by atoms with Crippen molar-refractivity contribution in [2.24, 2.45) is 0 Å². The number of rotatable bonds is 5. The molecule has 1 atom stereocenters. The normalized spacial score (nSPS) is 12.9. The van der Waals surface area contributed by atoms with Crippen molar-refractivity contribution in [3.8, 4) is 5.75 Å². The number of methoxy groups -OCH3 is 1. The quantitative estimate of drug-likeness (QED) is 0.918. The fraction of sp³-hybridized carbons (Fsp3) is 0.200. The lowest BCUT2D eigenvalue weighted by atomic mass is 10.1. The fourth-order valence-electron chi connectivity index (χ4n) is 2.00. The first-order valence-corrected chi connectivity index (χ1v) is 7.94. The van der Waals surface area contributed by atoms with Crippen molar-refractivity contribution in [1.82, 2.24) is 4.72 Å². The van der Waals surface area contributed by atoms with Crippen LogP contribution in [-0.4, -0.2) is 15.5 Å². The Balaban J connectivity index is 2.28. The Bertz CT molecular complexity index is 778. The van der Waals surface area contributed by atoms with Crippen LogP contribution < -0.4 is 9.46 Å². The second-order valence-electron chi connectivity index (χ2n) is 4.66. The van der Waals surface area contributed by atoms with Gasteiger partial charge in [0.25, 0.3) is 0 Å². The molecule has 0 saturated carbocycles. The number of sulfonamides is 1. The Labute approximate surface area is 127 Å². The summed E-state index contributed by atoms with van der Waals surface area (Å²) in [6.45, 7) is 1.51. The van der Waals surface area contributed by atoms with Crippen LogP contribution in [-0.2, 0) is 10.0 Å². The summed E-state index contributed by atoms with van der Waals surface area (Å²) in [5, 5.41) is 0. The van der Waals surface area contributed by atoms with Crippen LogP contribution in [0.25, 0.3) is 0 Å². The number of hydrogen-bond acceptors (Lipinski definition) is 3. The molecule has 1 unspecified atom stereocenters. The van der Waals surface area contributed by atoms with E-state index in [1.54, 1.807) is 6.07 Å². The molecule has 2 rings (SSSR count). The Morgan fingerprint density at radius 2 is 1.77 bits per heavy atom. The molecular formula is C15H15F2NO3S. The van der Waals surface area contributed by atoms with Crippen LogP contribution in [0.15, 0.2) is 47.4 Å². The molecule has 7 heteroatoms. The summed E-state index contributed by atoms with van der Waals surface area (Å²) in [6.07, 6.45) is 0. The summed E-state index contributed by atoms with van der Waals surface area (Å²) in [5.74, 6) is -1.36. The molecule has 0 radical (unpaired) electrons. The minimum Gasteiger partial charge on any atom is -0.494 e. The number of halogens is 2. The lowest BCUT2D eigenvalue weighted by Gasteiger charge is -2.15. The van der Waals surface area contributed by atoms with Gasteiger partial charge in [0, 0.05) is 11.6 Å². The fourth-order valence-corrected chi connectivity index (χ4v) is 3.24. The lowest BCUT2D eigenvalue weighted by molar-refractivity contribution is 0.385. The van der Waals surface area contributed by atoms with Gasteiger partial charge in [-0.2, -0.15) is 0 Å². The van der Waals surface area contributed by atoms with Crippen molar-refractivity contribution >= 4 is 10.0 Å². The molecule has 2 aromatic rings. The zero-order chi connectivity index (χ0) is 16.3. The predicted octanol–water partition coefficient (Wildman–Crippen LogP) is 3.01. The lowest BCUT2D eigenvalue weighted by Crippen LogP contribution is -2.27. The highest BCUT2D eigenvalue weighted by Gasteiger charge is 2.21. The average Bonchev–Trinajstić information content (AvgIpc) is 2.47. The van der Waals surface area contributed by atoms with Gasteiger partial charge in [-0.05, 0) is 31.2 Å². The van der Waals surface area contributed by atoms with E-state index in [-0.39, 0.29) is 16.2 Å². The van der Waals surface area contributed by atoms with Crippen LogP contribution in [0.2, 0.25) is 0 Å². The smallest absolute Gasteiger partial charge is 0.241 e. The van der Waals surface area contributed by atoms with E-state index in [2.05, 4.69) is 4.72 Å². The SMILES string of the molecule is COc1ccc(S(=O)(=O)NC(C)c2ccccc2F)cc1F. The molecule has 0 fully saturated rings. The monoisotopic (exact) mass is 327 g/mol. The van der Waals surface area contributed by atoms with Crippen LogP contribution in [0.4, 0.5) is 8.78 Å². The first-order valence-electron chi connectivity index (χ1n) is 6.45. The second-order valence-corrected chi connectivity index (χ2v) is 6.37. The standard InChI is InChI=1S/C15H15F2NO3S/c1-10(12-5-3-4-6-13(12)16)18-22(19,20)11-7-8-15(21-2)14(17)9-11/h3-10,18H,1-2H3. The molecule has 0 heterocycles. The zero-order valence-electron chi connectivity index (χ0n) is 12.0. The van der Waals surface area contributed by atoms with E-state index in [0.29, 0.717) is 0 Å². The summed E-state index contributed by atoms with van der Waals surface area (Å²) in [5.41, 5.74) is 0.208. The summed E-state index contributed by atoms with van der Waals surface area (Å²) in [7, 11) is -2.70. The molecule has 0 aliphatic rings. The third kappa shape index (κ3) is 3.42. The van der Waals surface area contributed by atoms with Gasteiger partial charge in [-0.25, -0.2) is 21.9 Å². The molecule has 118 valence electrons. The van der Waals surface area contributed by atoms with E-state index in [4.69, 9.17) is 4.74 Å². The highest BCUT2D eigenvalue weighted by atomic mass is 32.2. The molecular weight excluding hydrogens is 312 g/mol. The first-order chi connectivity index (χ1) is 10.3. The Kier molecular flexibility index (Phi) is 4.77. The van der Waals surface area contributed by atoms with Gasteiger partial charge in [0.2, 0.25) is 10.0 Å². The van der Waals surface area contributed by atoms with Gasteiger partial charge in [-0.15, -0.1) is 0 Å². The average molecular weight is 327 g/mol. The topological polar surface area (TPSA) is 55.4 Å². The van der Waals surface area contributed by atoms with Gasteiger partial charge in [-0.3, -0.25) is 0 Å². The second kappa shape index (κ2) is 6.41. The van der Waals surface area contributed by atoms with Crippen molar-refractivity contribution in [2.45, 2.75) is 17.9 Å². The van der Waals surface area contributed by atoms with E-state index in [1.807, 2.05) is 0 Å². The Morgan fingerprint density at radius 1 is 1.09 bits per heavy atom. The molecule has 0 aliphatic heterocycles. The zero-order valence-corrected chi connectivity index (χ0v) is 12.8. The predicted molar refractivity (Wildman–Crippen MR) is 78.1 cm³/mol. The number of hydrogen-bond donors (Lipinski definition) is 1. The minimum absolute atomic E-state index is 0.0545. The van der Waals surface area contributed by atoms with Crippen LogP contribution in [0.1, 0.15) is 18.5 Å². The van der Waals surface area contributed by atoms with Crippen molar-refractivity contribution in [3.63, 3.8) is 0 Å². The van der Waals surface area contributed by atoms with Gasteiger partial charge in [0.15, 0.2) is 11.6 Å². The van der Waals surface area contributed by atoms with E-state index in [1.165, 1.54) is 44.4 Å². The molecule has 22 heavy (non-hydrogen) atoms. The number of ether oxygens (including phenoxy) is 1.